The lowest BCUT2D eigenvalue weighted by atomic mass is 9.77. The average molecular weight is 830 g/mol. The Labute approximate surface area is 355 Å². The fourth-order valence-corrected chi connectivity index (χ4v) is 7.20. The Hall–Kier alpha value is -7.71. The first kappa shape index (κ1) is 41.0. The van der Waals surface area contributed by atoms with Crippen LogP contribution < -0.4 is 25.2 Å². The van der Waals surface area contributed by atoms with Gasteiger partial charge in [0.25, 0.3) is 0 Å². The molecule has 13 nitrogen and oxygen atoms in total. The van der Waals surface area contributed by atoms with Crippen molar-refractivity contribution in [3.05, 3.63) is 220 Å². The van der Waals surface area contributed by atoms with Gasteiger partial charge >= 0.3 is 23.6 Å². The molecule has 1 saturated heterocycles. The van der Waals surface area contributed by atoms with Crippen LogP contribution in [0.2, 0.25) is 0 Å². The van der Waals surface area contributed by atoms with Gasteiger partial charge in [-0.05, 0) is 95.6 Å². The lowest BCUT2D eigenvalue weighted by molar-refractivity contribution is -0.0458. The van der Waals surface area contributed by atoms with E-state index in [4.69, 9.17) is 18.9 Å². The molecule has 3 N–H and O–H groups in total. The molecule has 6 aromatic carbocycles. The highest BCUT2D eigenvalue weighted by Gasteiger charge is 2.39. The Morgan fingerprint density at radius 2 is 1.00 bits per heavy atom. The smallest absolute Gasteiger partial charge is 0.351 e. The van der Waals surface area contributed by atoms with Crippen molar-refractivity contribution in [1.82, 2.24) is 9.55 Å². The maximum absolute atomic E-state index is 13.7. The molecule has 1 aliphatic rings. The fraction of sp³-hybridized carbons (Fsp3) is 0.122. The average Bonchev–Trinajstić information content (AvgIpc) is 3.69. The van der Waals surface area contributed by atoms with E-state index in [1.165, 1.54) is 10.8 Å². The molecule has 8 rings (SSSR count). The molecule has 0 radical (unpaired) electrons. The van der Waals surface area contributed by atoms with Gasteiger partial charge in [0, 0.05) is 12.6 Å². The Morgan fingerprint density at radius 1 is 0.613 bits per heavy atom. The minimum Gasteiger partial charge on any atom is -0.423 e. The number of rotatable bonds is 13. The second-order valence-corrected chi connectivity index (χ2v) is 14.3. The summed E-state index contributed by atoms with van der Waals surface area (Å²) in [6.45, 7) is -0.416. The molecular weight excluding hydrogens is 791 g/mol. The number of anilines is 1. The van der Waals surface area contributed by atoms with Crippen LogP contribution in [0.4, 0.5) is 5.82 Å². The summed E-state index contributed by atoms with van der Waals surface area (Å²) in [6, 6.07) is 47.8. The molecule has 310 valence electrons. The van der Waals surface area contributed by atoms with Crippen molar-refractivity contribution >= 4 is 23.7 Å². The van der Waals surface area contributed by atoms with Gasteiger partial charge in [-0.2, -0.15) is 4.98 Å². The number of aliphatic hydroxyl groups excluding tert-OH is 2. The van der Waals surface area contributed by atoms with E-state index in [-0.39, 0.29) is 29.5 Å². The number of aliphatic hydroxyl groups is 2. The van der Waals surface area contributed by atoms with E-state index in [0.717, 1.165) is 0 Å². The monoisotopic (exact) mass is 829 g/mol. The highest BCUT2D eigenvalue weighted by molar-refractivity contribution is 5.92. The molecule has 0 amide bonds. The molecule has 0 aliphatic carbocycles. The first-order chi connectivity index (χ1) is 30.2. The van der Waals surface area contributed by atoms with Crippen LogP contribution in [0.3, 0.4) is 0 Å². The summed E-state index contributed by atoms with van der Waals surface area (Å²) >= 11 is 0. The number of aromatic nitrogens is 2. The topological polar surface area (TPSA) is 176 Å². The maximum atomic E-state index is 13.7. The molecule has 0 unspecified atom stereocenters. The van der Waals surface area contributed by atoms with E-state index < -0.39 is 54.2 Å². The van der Waals surface area contributed by atoms with Gasteiger partial charge in [0.1, 0.15) is 40.9 Å². The standard InChI is InChI=1S/C49H39N3O10/c53-31-42-41(54)30-44(62-42)52-29-28-43(50-48(52)58)51-49(35-16-22-38(23-17-35)59-45(55)32-10-4-1-5-11-32,36-18-24-39(25-19-36)60-46(56)33-12-6-2-7-13-33)37-20-26-40(27-21-37)61-47(57)34-14-8-3-9-15-34/h1-29,41-42,44,53-54H,30-31H2,(H,50,51,58)/t41-,42+,44+/m0/s1. The molecule has 62 heavy (non-hydrogen) atoms. The van der Waals surface area contributed by atoms with Crippen LogP contribution in [-0.4, -0.2) is 56.5 Å². The van der Waals surface area contributed by atoms with Crippen molar-refractivity contribution in [3.63, 3.8) is 0 Å². The normalized spacial score (nSPS) is 15.9. The van der Waals surface area contributed by atoms with Crippen LogP contribution >= 0.6 is 0 Å². The Kier molecular flexibility index (Phi) is 12.1. The van der Waals surface area contributed by atoms with Crippen molar-refractivity contribution < 1.29 is 43.5 Å². The molecule has 0 saturated carbocycles. The van der Waals surface area contributed by atoms with Gasteiger partial charge in [-0.1, -0.05) is 91.0 Å². The molecule has 0 spiro atoms. The Balaban J connectivity index is 1.21. The maximum Gasteiger partial charge on any atom is 0.351 e. The fourth-order valence-electron chi connectivity index (χ4n) is 7.20. The van der Waals surface area contributed by atoms with Crippen molar-refractivity contribution in [3.8, 4) is 17.2 Å². The van der Waals surface area contributed by atoms with Crippen molar-refractivity contribution in [2.45, 2.75) is 30.4 Å². The third-order valence-corrected chi connectivity index (χ3v) is 10.4. The van der Waals surface area contributed by atoms with Gasteiger partial charge in [-0.3, -0.25) is 4.57 Å². The minimum atomic E-state index is -1.39. The van der Waals surface area contributed by atoms with E-state index in [0.29, 0.717) is 33.4 Å². The highest BCUT2D eigenvalue weighted by atomic mass is 16.6. The number of carbonyl (C=O) groups is 3. The van der Waals surface area contributed by atoms with Crippen LogP contribution in [0.25, 0.3) is 0 Å². The summed E-state index contributed by atoms with van der Waals surface area (Å²) in [4.78, 5) is 57.1. The minimum absolute atomic E-state index is 0.0765. The Bertz CT molecular complexity index is 2480. The van der Waals surface area contributed by atoms with Gasteiger partial charge in [0.15, 0.2) is 0 Å². The molecule has 1 aliphatic heterocycles. The molecule has 1 aromatic heterocycles. The van der Waals surface area contributed by atoms with Gasteiger partial charge in [0.2, 0.25) is 0 Å². The molecular formula is C49H39N3O10. The van der Waals surface area contributed by atoms with Gasteiger partial charge in [-0.25, -0.2) is 19.2 Å². The van der Waals surface area contributed by atoms with E-state index in [1.54, 1.807) is 170 Å². The third-order valence-electron chi connectivity index (χ3n) is 10.4. The third kappa shape index (κ3) is 8.90. The molecule has 3 atom stereocenters. The number of carbonyl (C=O) groups excluding carboxylic acids is 3. The SMILES string of the molecule is O=C(Oc1ccc(C(Nc2ccn([C@H]3C[C@H](O)[C@@H](CO)O3)c(=O)n2)(c2ccc(OC(=O)c3ccccc3)cc2)c2ccc(OC(=O)c3ccccc3)cc2)cc1)c1ccccc1. The van der Waals surface area contributed by atoms with Crippen LogP contribution in [0, 0.1) is 0 Å². The Morgan fingerprint density at radius 3 is 1.34 bits per heavy atom. The number of benzene rings is 6. The van der Waals surface area contributed by atoms with Crippen molar-refractivity contribution in [2.75, 3.05) is 11.9 Å². The van der Waals surface area contributed by atoms with Gasteiger partial charge in [-0.15, -0.1) is 0 Å². The number of nitrogens with zero attached hydrogens (tertiary/aromatic N) is 2. The number of nitrogens with one attached hydrogen (secondary N) is 1. The number of hydrogen-bond acceptors (Lipinski definition) is 12. The zero-order valence-corrected chi connectivity index (χ0v) is 32.9. The van der Waals surface area contributed by atoms with Gasteiger partial charge in [0.05, 0.1) is 29.4 Å². The van der Waals surface area contributed by atoms with Crippen molar-refractivity contribution in [2.24, 2.45) is 0 Å². The zero-order chi connectivity index (χ0) is 43.1. The van der Waals surface area contributed by atoms with E-state index >= 15 is 0 Å². The van der Waals surface area contributed by atoms with Crippen LogP contribution in [0.15, 0.2) is 181 Å². The van der Waals surface area contributed by atoms with E-state index in [9.17, 15) is 29.4 Å². The summed E-state index contributed by atoms with van der Waals surface area (Å²) in [5, 5.41) is 23.5. The van der Waals surface area contributed by atoms with Crippen LogP contribution in [-0.2, 0) is 10.3 Å². The highest BCUT2D eigenvalue weighted by Crippen LogP contribution is 2.42. The summed E-state index contributed by atoms with van der Waals surface area (Å²) in [5.41, 5.74) is 0.836. The summed E-state index contributed by atoms with van der Waals surface area (Å²) in [6.07, 6.45) is -1.11. The zero-order valence-electron chi connectivity index (χ0n) is 32.9. The van der Waals surface area contributed by atoms with Crippen LogP contribution in [0.5, 0.6) is 17.2 Å². The predicted octanol–water partition coefficient (Wildman–Crippen LogP) is 6.95. The number of hydrogen-bond donors (Lipinski definition) is 3. The predicted molar refractivity (Wildman–Crippen MR) is 227 cm³/mol. The summed E-state index contributed by atoms with van der Waals surface area (Å²) in [7, 11) is 0. The van der Waals surface area contributed by atoms with Crippen LogP contribution in [0.1, 0.15) is 60.4 Å². The molecule has 0 bridgehead atoms. The van der Waals surface area contributed by atoms with Crippen molar-refractivity contribution in [1.29, 1.82) is 0 Å². The summed E-state index contributed by atoms with van der Waals surface area (Å²) in [5.74, 6) is -0.689. The van der Waals surface area contributed by atoms with E-state index in [1.807, 2.05) is 0 Å². The lowest BCUT2D eigenvalue weighted by Crippen LogP contribution is -2.39. The molecule has 7 aromatic rings. The first-order valence-corrected chi connectivity index (χ1v) is 19.7. The second-order valence-electron chi connectivity index (χ2n) is 14.3. The largest absolute Gasteiger partial charge is 0.423 e. The van der Waals surface area contributed by atoms with E-state index in [2.05, 4.69) is 10.3 Å². The number of ether oxygens (including phenoxy) is 4. The molecule has 2 heterocycles. The summed E-state index contributed by atoms with van der Waals surface area (Å²) < 4.78 is 24.1. The molecule has 1 fully saturated rings. The number of esters is 3. The quantitative estimate of drug-likeness (QED) is 0.0621. The lowest BCUT2D eigenvalue weighted by Gasteiger charge is -2.37. The second kappa shape index (κ2) is 18.3. The van der Waals surface area contributed by atoms with Gasteiger partial charge < -0.3 is 34.5 Å². The molecule has 13 heteroatoms. The first-order valence-electron chi connectivity index (χ1n) is 19.7.